The molecule has 0 radical (unpaired) electrons. The Balaban J connectivity index is 1.69. The van der Waals surface area contributed by atoms with Gasteiger partial charge in [-0.2, -0.15) is 0 Å². The summed E-state index contributed by atoms with van der Waals surface area (Å²) in [5, 5.41) is 3.09. The van der Waals surface area contributed by atoms with E-state index >= 15 is 0 Å². The third kappa shape index (κ3) is 6.29. The molecule has 2 aromatic rings. The fourth-order valence-corrected chi connectivity index (χ4v) is 2.24. The van der Waals surface area contributed by atoms with Crippen molar-refractivity contribution in [3.63, 3.8) is 0 Å². The minimum atomic E-state index is -0.528. The van der Waals surface area contributed by atoms with E-state index in [0.29, 0.717) is 16.5 Å². The first-order chi connectivity index (χ1) is 12.0. The van der Waals surface area contributed by atoms with Crippen molar-refractivity contribution in [2.45, 2.75) is 13.3 Å². The molecule has 2 rings (SSSR count). The minimum absolute atomic E-state index is 0.0408. The van der Waals surface area contributed by atoms with Gasteiger partial charge in [0.05, 0.1) is 28.8 Å². The van der Waals surface area contributed by atoms with Crippen LogP contribution >= 0.6 is 23.2 Å². The van der Waals surface area contributed by atoms with Crippen molar-refractivity contribution in [1.82, 2.24) is 0 Å². The molecule has 0 aliphatic rings. The molecule has 0 heterocycles. The van der Waals surface area contributed by atoms with Crippen LogP contribution in [-0.2, 0) is 14.3 Å². The van der Waals surface area contributed by atoms with Crippen molar-refractivity contribution in [1.29, 1.82) is 0 Å². The number of hydrogen-bond donors (Lipinski definition) is 1. The van der Waals surface area contributed by atoms with Crippen LogP contribution in [0.3, 0.4) is 0 Å². The zero-order chi connectivity index (χ0) is 18.2. The number of carbonyl (C=O) groups excluding carboxylic acids is 2. The largest absolute Gasteiger partial charge is 0.493 e. The lowest BCUT2D eigenvalue weighted by molar-refractivity contribution is -0.147. The number of anilines is 1. The number of amides is 1. The van der Waals surface area contributed by atoms with Crippen LogP contribution in [0.1, 0.15) is 12.0 Å². The van der Waals surface area contributed by atoms with Gasteiger partial charge in [-0.05, 0) is 31.2 Å². The Bertz CT molecular complexity index is 747. The molecule has 2 aromatic carbocycles. The molecule has 132 valence electrons. The number of benzene rings is 2. The van der Waals surface area contributed by atoms with E-state index in [1.807, 2.05) is 31.2 Å². The van der Waals surface area contributed by atoms with Crippen molar-refractivity contribution in [3.8, 4) is 5.75 Å². The van der Waals surface area contributed by atoms with E-state index in [1.54, 1.807) is 18.2 Å². The van der Waals surface area contributed by atoms with E-state index in [-0.39, 0.29) is 18.1 Å². The van der Waals surface area contributed by atoms with E-state index in [9.17, 15) is 9.59 Å². The predicted octanol–water partition coefficient (Wildman–Crippen LogP) is 4.25. The maximum Gasteiger partial charge on any atom is 0.309 e. The SMILES string of the molecule is Cc1ccc(OCCC(=O)OCC(=O)Nc2cccc(Cl)c2Cl)cc1. The number of aryl methyl sites for hydroxylation is 1. The summed E-state index contributed by atoms with van der Waals surface area (Å²) in [6.45, 7) is 1.73. The Morgan fingerprint density at radius 3 is 2.52 bits per heavy atom. The second-order valence-electron chi connectivity index (χ2n) is 5.22. The van der Waals surface area contributed by atoms with Gasteiger partial charge in [0.25, 0.3) is 5.91 Å². The quantitative estimate of drug-likeness (QED) is 0.727. The Hall–Kier alpha value is -2.24. The highest BCUT2D eigenvalue weighted by molar-refractivity contribution is 6.43. The summed E-state index contributed by atoms with van der Waals surface area (Å²) in [5.41, 5.74) is 1.48. The summed E-state index contributed by atoms with van der Waals surface area (Å²) >= 11 is 11.8. The minimum Gasteiger partial charge on any atom is -0.493 e. The van der Waals surface area contributed by atoms with Crippen molar-refractivity contribution < 1.29 is 19.1 Å². The summed E-state index contributed by atoms with van der Waals surface area (Å²) in [4.78, 5) is 23.4. The monoisotopic (exact) mass is 381 g/mol. The first-order valence-electron chi connectivity index (χ1n) is 7.54. The number of halogens is 2. The maximum absolute atomic E-state index is 11.8. The summed E-state index contributed by atoms with van der Waals surface area (Å²) in [6, 6.07) is 12.3. The number of ether oxygens (including phenoxy) is 2. The fraction of sp³-hybridized carbons (Fsp3) is 0.222. The average Bonchev–Trinajstić information content (AvgIpc) is 2.59. The van der Waals surface area contributed by atoms with E-state index in [4.69, 9.17) is 32.7 Å². The van der Waals surface area contributed by atoms with Crippen LogP contribution in [0.5, 0.6) is 5.75 Å². The molecule has 0 unspecified atom stereocenters. The van der Waals surface area contributed by atoms with Gasteiger partial charge < -0.3 is 14.8 Å². The van der Waals surface area contributed by atoms with Crippen molar-refractivity contribution >= 4 is 40.8 Å². The van der Waals surface area contributed by atoms with Crippen LogP contribution in [0.25, 0.3) is 0 Å². The zero-order valence-electron chi connectivity index (χ0n) is 13.6. The molecule has 0 atom stereocenters. The molecule has 0 saturated carbocycles. The summed E-state index contributed by atoms with van der Waals surface area (Å²) in [7, 11) is 0. The number of hydrogen-bond acceptors (Lipinski definition) is 4. The molecule has 0 bridgehead atoms. The predicted molar refractivity (Wildman–Crippen MR) is 97.3 cm³/mol. The second kappa shape index (κ2) is 9.30. The standard InChI is InChI=1S/C18H17Cl2NO4/c1-12-5-7-13(8-6-12)24-10-9-17(23)25-11-16(22)21-15-4-2-3-14(19)18(15)20/h2-8H,9-11H2,1H3,(H,21,22). The maximum atomic E-state index is 11.8. The van der Waals surface area contributed by atoms with Gasteiger partial charge in [-0.25, -0.2) is 0 Å². The van der Waals surface area contributed by atoms with Crippen LogP contribution in [-0.4, -0.2) is 25.1 Å². The smallest absolute Gasteiger partial charge is 0.309 e. The molecule has 0 saturated heterocycles. The molecule has 5 nitrogen and oxygen atoms in total. The highest BCUT2D eigenvalue weighted by Gasteiger charge is 2.11. The average molecular weight is 382 g/mol. The molecule has 7 heteroatoms. The van der Waals surface area contributed by atoms with Gasteiger partial charge in [-0.1, -0.05) is 47.0 Å². The third-order valence-electron chi connectivity index (χ3n) is 3.19. The number of rotatable bonds is 7. The molecule has 0 fully saturated rings. The molecule has 1 amide bonds. The van der Waals surface area contributed by atoms with Gasteiger partial charge in [0, 0.05) is 0 Å². The Kier molecular flexibility index (Phi) is 7.10. The lowest BCUT2D eigenvalue weighted by Gasteiger charge is -2.09. The highest BCUT2D eigenvalue weighted by atomic mass is 35.5. The van der Waals surface area contributed by atoms with Crippen molar-refractivity contribution in [3.05, 3.63) is 58.1 Å². The number of esters is 1. The Morgan fingerprint density at radius 2 is 1.80 bits per heavy atom. The summed E-state index contributed by atoms with van der Waals surface area (Å²) in [5.74, 6) is -0.358. The van der Waals surface area contributed by atoms with Crippen LogP contribution in [0, 0.1) is 6.92 Å². The lowest BCUT2D eigenvalue weighted by Crippen LogP contribution is -2.21. The molecule has 0 aliphatic heterocycles. The van der Waals surface area contributed by atoms with Gasteiger partial charge >= 0.3 is 5.97 Å². The Labute approximate surface area is 155 Å². The van der Waals surface area contributed by atoms with Crippen LogP contribution in [0.2, 0.25) is 10.0 Å². The summed E-state index contributed by atoms with van der Waals surface area (Å²) < 4.78 is 10.3. The fourth-order valence-electron chi connectivity index (χ4n) is 1.89. The zero-order valence-corrected chi connectivity index (χ0v) is 15.1. The van der Waals surface area contributed by atoms with Crippen molar-refractivity contribution in [2.24, 2.45) is 0 Å². The normalized spacial score (nSPS) is 10.2. The molecular weight excluding hydrogens is 365 g/mol. The molecule has 25 heavy (non-hydrogen) atoms. The van der Waals surface area contributed by atoms with Crippen LogP contribution < -0.4 is 10.1 Å². The lowest BCUT2D eigenvalue weighted by atomic mass is 10.2. The topological polar surface area (TPSA) is 64.6 Å². The van der Waals surface area contributed by atoms with E-state index < -0.39 is 18.5 Å². The first-order valence-corrected chi connectivity index (χ1v) is 8.30. The highest BCUT2D eigenvalue weighted by Crippen LogP contribution is 2.29. The number of nitrogens with one attached hydrogen (secondary N) is 1. The molecular formula is C18H17Cl2NO4. The van der Waals surface area contributed by atoms with E-state index in [0.717, 1.165) is 5.56 Å². The van der Waals surface area contributed by atoms with E-state index in [1.165, 1.54) is 0 Å². The molecule has 0 spiro atoms. The van der Waals surface area contributed by atoms with Crippen LogP contribution in [0.4, 0.5) is 5.69 Å². The molecule has 0 aliphatic carbocycles. The Morgan fingerprint density at radius 1 is 1.08 bits per heavy atom. The van der Waals surface area contributed by atoms with Crippen LogP contribution in [0.15, 0.2) is 42.5 Å². The van der Waals surface area contributed by atoms with Gasteiger partial charge in [0.1, 0.15) is 5.75 Å². The second-order valence-corrected chi connectivity index (χ2v) is 6.01. The van der Waals surface area contributed by atoms with Gasteiger partial charge in [-0.3, -0.25) is 9.59 Å². The summed E-state index contributed by atoms with van der Waals surface area (Å²) in [6.07, 6.45) is 0.0408. The van der Waals surface area contributed by atoms with Gasteiger partial charge in [0.2, 0.25) is 0 Å². The number of carbonyl (C=O) groups is 2. The van der Waals surface area contributed by atoms with Gasteiger partial charge in [0.15, 0.2) is 6.61 Å². The van der Waals surface area contributed by atoms with E-state index in [2.05, 4.69) is 5.32 Å². The first kappa shape index (κ1) is 19.1. The molecule has 0 aromatic heterocycles. The van der Waals surface area contributed by atoms with Crippen molar-refractivity contribution in [2.75, 3.05) is 18.5 Å². The van der Waals surface area contributed by atoms with Gasteiger partial charge in [-0.15, -0.1) is 0 Å². The third-order valence-corrected chi connectivity index (χ3v) is 4.00. The molecule has 1 N–H and O–H groups in total.